The highest BCUT2D eigenvalue weighted by atomic mass is 19.3. The molecule has 15 heavy (non-hydrogen) atoms. The average molecular weight is 221 g/mol. The van der Waals surface area contributed by atoms with Crippen LogP contribution in [0.4, 0.5) is 8.78 Å². The summed E-state index contributed by atoms with van der Waals surface area (Å²) in [6, 6.07) is 0. The average Bonchev–Trinajstić information content (AvgIpc) is 2.25. The van der Waals surface area contributed by atoms with Gasteiger partial charge in [-0.15, -0.1) is 0 Å². The van der Waals surface area contributed by atoms with Crippen LogP contribution in [0.5, 0.6) is 0 Å². The van der Waals surface area contributed by atoms with Gasteiger partial charge in [0.2, 0.25) is 0 Å². The molecule has 4 heteroatoms. The minimum Gasteiger partial charge on any atom is -0.323 e. The summed E-state index contributed by atoms with van der Waals surface area (Å²) in [4.78, 5) is 0. The predicted octanol–water partition coefficient (Wildman–Crippen LogP) is 2.64. The highest BCUT2D eigenvalue weighted by molar-refractivity contribution is 4.75. The fourth-order valence-corrected chi connectivity index (χ4v) is 2.43. The van der Waals surface area contributed by atoms with Crippen molar-refractivity contribution in [2.75, 3.05) is 20.2 Å². The van der Waals surface area contributed by atoms with Crippen LogP contribution in [0.2, 0.25) is 0 Å². The van der Waals surface area contributed by atoms with Gasteiger partial charge in [0.1, 0.15) is 0 Å². The van der Waals surface area contributed by atoms with Crippen molar-refractivity contribution in [1.29, 1.82) is 0 Å². The normalized spacial score (nSPS) is 20.8. The van der Waals surface area contributed by atoms with Gasteiger partial charge in [-0.3, -0.25) is 0 Å². The number of hydrogen-bond acceptors (Lipinski definition) is 2. The van der Waals surface area contributed by atoms with E-state index < -0.39 is 6.61 Å². The van der Waals surface area contributed by atoms with Crippen molar-refractivity contribution in [2.45, 2.75) is 38.7 Å². The first kappa shape index (κ1) is 12.8. The lowest BCUT2D eigenvalue weighted by molar-refractivity contribution is -0.142. The second kappa shape index (κ2) is 7.12. The molecule has 1 saturated carbocycles. The number of nitrogens with one attached hydrogen (secondary N) is 1. The molecule has 0 aromatic carbocycles. The molecule has 0 radical (unpaired) electrons. The topological polar surface area (TPSA) is 21.3 Å². The molecule has 0 aromatic heterocycles. The van der Waals surface area contributed by atoms with Crippen molar-refractivity contribution in [3.8, 4) is 0 Å². The van der Waals surface area contributed by atoms with Crippen LogP contribution >= 0.6 is 0 Å². The van der Waals surface area contributed by atoms with Crippen molar-refractivity contribution in [3.05, 3.63) is 0 Å². The van der Waals surface area contributed by atoms with E-state index in [1.54, 1.807) is 0 Å². The Morgan fingerprint density at radius 3 is 2.47 bits per heavy atom. The molecule has 0 amide bonds. The van der Waals surface area contributed by atoms with Crippen LogP contribution in [0.15, 0.2) is 0 Å². The van der Waals surface area contributed by atoms with Crippen LogP contribution in [-0.4, -0.2) is 26.8 Å². The molecule has 1 fully saturated rings. The zero-order valence-corrected chi connectivity index (χ0v) is 9.35. The summed E-state index contributed by atoms with van der Waals surface area (Å²) < 4.78 is 28.4. The van der Waals surface area contributed by atoms with Crippen molar-refractivity contribution in [1.82, 2.24) is 5.32 Å². The lowest BCUT2D eigenvalue weighted by atomic mass is 9.80. The van der Waals surface area contributed by atoms with E-state index in [2.05, 4.69) is 10.1 Å². The number of rotatable bonds is 6. The maximum absolute atomic E-state index is 12.0. The van der Waals surface area contributed by atoms with E-state index in [0.717, 1.165) is 6.54 Å². The third-order valence-corrected chi connectivity index (χ3v) is 3.22. The third kappa shape index (κ3) is 4.89. The van der Waals surface area contributed by atoms with Gasteiger partial charge in [0, 0.05) is 6.54 Å². The molecule has 2 nitrogen and oxygen atoms in total. The highest BCUT2D eigenvalue weighted by Gasteiger charge is 2.24. The zero-order chi connectivity index (χ0) is 11.1. The quantitative estimate of drug-likeness (QED) is 0.744. The van der Waals surface area contributed by atoms with Crippen LogP contribution in [0.3, 0.4) is 0 Å². The lowest BCUT2D eigenvalue weighted by Gasteiger charge is -2.29. The summed E-state index contributed by atoms with van der Waals surface area (Å²) >= 11 is 0. The molecule has 1 rings (SSSR count). The fourth-order valence-electron chi connectivity index (χ4n) is 2.43. The molecule has 1 N–H and O–H groups in total. The highest BCUT2D eigenvalue weighted by Crippen LogP contribution is 2.30. The van der Waals surface area contributed by atoms with E-state index in [9.17, 15) is 8.78 Å². The first-order valence-corrected chi connectivity index (χ1v) is 5.78. The summed E-state index contributed by atoms with van der Waals surface area (Å²) in [5.41, 5.74) is 0. The molecule has 1 atom stereocenters. The smallest absolute Gasteiger partial charge is 0.323 e. The maximum atomic E-state index is 12.0. The summed E-state index contributed by atoms with van der Waals surface area (Å²) in [6.45, 7) is -1.67. The van der Waals surface area contributed by atoms with Gasteiger partial charge in [-0.05, 0) is 18.9 Å². The minimum absolute atomic E-state index is 0.184. The zero-order valence-electron chi connectivity index (χ0n) is 9.35. The molecule has 1 aliphatic carbocycles. The summed E-state index contributed by atoms with van der Waals surface area (Å²) in [5.74, 6) is 0.800. The Morgan fingerprint density at radius 2 is 1.93 bits per heavy atom. The monoisotopic (exact) mass is 221 g/mol. The van der Waals surface area contributed by atoms with Gasteiger partial charge >= 0.3 is 6.61 Å². The number of halogens is 2. The molecular formula is C11H21F2NO. The van der Waals surface area contributed by atoms with E-state index in [4.69, 9.17) is 0 Å². The second-order valence-electron chi connectivity index (χ2n) is 4.31. The number of hydrogen-bond donors (Lipinski definition) is 1. The number of alkyl halides is 2. The summed E-state index contributed by atoms with van der Waals surface area (Å²) in [6.07, 6.45) is 6.09. The van der Waals surface area contributed by atoms with Crippen molar-refractivity contribution in [2.24, 2.45) is 11.8 Å². The Morgan fingerprint density at radius 1 is 1.27 bits per heavy atom. The molecule has 0 spiro atoms. The van der Waals surface area contributed by atoms with Gasteiger partial charge in [-0.2, -0.15) is 8.78 Å². The van der Waals surface area contributed by atoms with Crippen molar-refractivity contribution < 1.29 is 13.5 Å². The molecule has 1 aliphatic rings. The van der Waals surface area contributed by atoms with Crippen LogP contribution in [0.25, 0.3) is 0 Å². The molecule has 90 valence electrons. The molecule has 0 aromatic rings. The van der Waals surface area contributed by atoms with Crippen molar-refractivity contribution >= 4 is 0 Å². The Bertz CT molecular complexity index is 161. The molecule has 0 bridgehead atoms. The van der Waals surface area contributed by atoms with Gasteiger partial charge in [0.05, 0.1) is 6.61 Å². The van der Waals surface area contributed by atoms with Gasteiger partial charge in [-0.1, -0.05) is 32.1 Å². The van der Waals surface area contributed by atoms with Crippen LogP contribution < -0.4 is 5.32 Å². The van der Waals surface area contributed by atoms with Crippen LogP contribution in [0.1, 0.15) is 32.1 Å². The first-order chi connectivity index (χ1) is 7.24. The van der Waals surface area contributed by atoms with Crippen molar-refractivity contribution in [3.63, 3.8) is 0 Å². The Labute approximate surface area is 90.4 Å². The standard InChI is InChI=1S/C11H21F2NO/c1-14-7-10(8-15-11(12)13)9-5-3-2-4-6-9/h9-11,14H,2-8H2,1H3. The van der Waals surface area contributed by atoms with Gasteiger partial charge in [0.25, 0.3) is 0 Å². The van der Waals surface area contributed by atoms with Gasteiger partial charge < -0.3 is 10.1 Å². The molecule has 0 aliphatic heterocycles. The number of ether oxygens (including phenoxy) is 1. The SMILES string of the molecule is CNCC(COC(F)F)C1CCCCC1. The molecule has 0 heterocycles. The maximum Gasteiger partial charge on any atom is 0.345 e. The summed E-state index contributed by atoms with van der Waals surface area (Å²) in [7, 11) is 1.86. The van der Waals surface area contributed by atoms with Gasteiger partial charge in [0.15, 0.2) is 0 Å². The van der Waals surface area contributed by atoms with Gasteiger partial charge in [-0.25, -0.2) is 0 Å². The van der Waals surface area contributed by atoms with E-state index in [1.165, 1.54) is 32.1 Å². The van der Waals surface area contributed by atoms with E-state index in [-0.39, 0.29) is 12.5 Å². The Hall–Kier alpha value is -0.220. The molecular weight excluding hydrogens is 200 g/mol. The predicted molar refractivity (Wildman–Crippen MR) is 55.9 cm³/mol. The molecule has 1 unspecified atom stereocenters. The largest absolute Gasteiger partial charge is 0.345 e. The first-order valence-electron chi connectivity index (χ1n) is 5.78. The van der Waals surface area contributed by atoms with E-state index >= 15 is 0 Å². The summed E-state index contributed by atoms with van der Waals surface area (Å²) in [5, 5.41) is 3.06. The van der Waals surface area contributed by atoms with E-state index in [1.807, 2.05) is 7.05 Å². The Kier molecular flexibility index (Phi) is 6.10. The van der Waals surface area contributed by atoms with Crippen LogP contribution in [0, 0.1) is 11.8 Å². The minimum atomic E-state index is -2.63. The fraction of sp³-hybridized carbons (Fsp3) is 1.00. The lowest BCUT2D eigenvalue weighted by Crippen LogP contribution is -2.31. The third-order valence-electron chi connectivity index (χ3n) is 3.22. The molecule has 0 saturated heterocycles. The Balaban J connectivity index is 2.33. The van der Waals surface area contributed by atoms with E-state index in [0.29, 0.717) is 5.92 Å². The second-order valence-corrected chi connectivity index (χ2v) is 4.31. The van der Waals surface area contributed by atoms with Crippen LogP contribution in [-0.2, 0) is 4.74 Å².